The molecular weight excluding hydrogens is 499 g/mol. The summed E-state index contributed by atoms with van der Waals surface area (Å²) in [6.45, 7) is 3.48. The van der Waals surface area contributed by atoms with Gasteiger partial charge in [-0.25, -0.2) is 4.79 Å². The van der Waals surface area contributed by atoms with Gasteiger partial charge in [-0.2, -0.15) is 0 Å². The topological polar surface area (TPSA) is 103 Å². The van der Waals surface area contributed by atoms with E-state index in [2.05, 4.69) is 5.32 Å². The number of amides is 1. The van der Waals surface area contributed by atoms with E-state index in [9.17, 15) is 14.4 Å². The maximum Gasteiger partial charge on any atom is 0.327 e. The summed E-state index contributed by atoms with van der Waals surface area (Å²) in [5.74, 6) is -0.604. The largest absolute Gasteiger partial charge is 0.496 e. The maximum atomic E-state index is 12.5. The van der Waals surface area contributed by atoms with Crippen LogP contribution < -0.4 is 14.8 Å². The van der Waals surface area contributed by atoms with Crippen molar-refractivity contribution in [2.45, 2.75) is 19.9 Å². The molecule has 35 heavy (non-hydrogen) atoms. The minimum Gasteiger partial charge on any atom is -0.496 e. The molecule has 0 aromatic heterocycles. The van der Waals surface area contributed by atoms with Gasteiger partial charge in [-0.15, -0.1) is 0 Å². The molecule has 0 aliphatic heterocycles. The van der Waals surface area contributed by atoms with Crippen molar-refractivity contribution in [2.75, 3.05) is 41.0 Å². The SMILES string of the molecule is CCOC(=O)CNC(C(=O)OCC)c1cc(Cl)c(Oc2ccc(OC)c(C(=O)N(C)C)c2)c(Cl)c1. The van der Waals surface area contributed by atoms with Crippen LogP contribution in [0.25, 0.3) is 0 Å². The first kappa shape index (κ1) is 28.2. The highest BCUT2D eigenvalue weighted by Crippen LogP contribution is 2.39. The van der Waals surface area contributed by atoms with Gasteiger partial charge >= 0.3 is 11.9 Å². The van der Waals surface area contributed by atoms with Crippen molar-refractivity contribution in [1.82, 2.24) is 10.2 Å². The van der Waals surface area contributed by atoms with E-state index in [0.29, 0.717) is 22.6 Å². The average Bonchev–Trinajstić information content (AvgIpc) is 2.81. The lowest BCUT2D eigenvalue weighted by Gasteiger charge is -2.19. The molecule has 0 saturated heterocycles. The molecule has 0 aliphatic rings. The first-order chi connectivity index (χ1) is 16.6. The molecule has 1 N–H and O–H groups in total. The van der Waals surface area contributed by atoms with Gasteiger partial charge in [0.25, 0.3) is 5.91 Å². The van der Waals surface area contributed by atoms with Crippen LogP contribution in [0.5, 0.6) is 17.2 Å². The summed E-state index contributed by atoms with van der Waals surface area (Å²) >= 11 is 12.9. The lowest BCUT2D eigenvalue weighted by Crippen LogP contribution is -2.34. The number of rotatable bonds is 11. The summed E-state index contributed by atoms with van der Waals surface area (Å²) in [5, 5.41) is 3.02. The van der Waals surface area contributed by atoms with E-state index in [1.54, 1.807) is 40.1 Å². The number of halogens is 2. The molecule has 0 heterocycles. The van der Waals surface area contributed by atoms with Gasteiger partial charge < -0.3 is 23.8 Å². The molecule has 11 heteroatoms. The van der Waals surface area contributed by atoms with Gasteiger partial charge in [0, 0.05) is 14.1 Å². The van der Waals surface area contributed by atoms with Gasteiger partial charge in [-0.05, 0) is 49.7 Å². The fourth-order valence-electron chi connectivity index (χ4n) is 3.08. The van der Waals surface area contributed by atoms with E-state index in [-0.39, 0.29) is 41.5 Å². The van der Waals surface area contributed by atoms with Gasteiger partial charge in [-0.1, -0.05) is 23.2 Å². The summed E-state index contributed by atoms with van der Waals surface area (Å²) in [5.41, 5.74) is 0.665. The van der Waals surface area contributed by atoms with Crippen LogP contribution >= 0.6 is 23.2 Å². The molecule has 190 valence electrons. The van der Waals surface area contributed by atoms with E-state index in [1.165, 1.54) is 30.2 Å². The van der Waals surface area contributed by atoms with Gasteiger partial charge in [-0.3, -0.25) is 14.9 Å². The van der Waals surface area contributed by atoms with E-state index in [0.717, 1.165) is 0 Å². The third-order valence-corrected chi connectivity index (χ3v) is 5.22. The molecule has 0 spiro atoms. The number of nitrogens with zero attached hydrogens (tertiary/aromatic N) is 1. The zero-order valence-electron chi connectivity index (χ0n) is 20.1. The van der Waals surface area contributed by atoms with Crippen LogP contribution in [0.4, 0.5) is 0 Å². The number of nitrogens with one attached hydrogen (secondary N) is 1. The van der Waals surface area contributed by atoms with E-state index in [1.807, 2.05) is 0 Å². The van der Waals surface area contributed by atoms with Gasteiger partial charge in [0.1, 0.15) is 17.5 Å². The summed E-state index contributed by atoms with van der Waals surface area (Å²) in [6, 6.07) is 6.67. The second-order valence-corrected chi connectivity index (χ2v) is 8.16. The average molecular weight is 527 g/mol. The fourth-order valence-corrected chi connectivity index (χ4v) is 3.66. The minimum absolute atomic E-state index is 0.107. The Kier molecular flexibility index (Phi) is 10.6. The second-order valence-electron chi connectivity index (χ2n) is 7.35. The zero-order chi connectivity index (χ0) is 26.1. The lowest BCUT2D eigenvalue weighted by molar-refractivity contribution is -0.146. The number of methoxy groups -OCH3 is 1. The first-order valence-corrected chi connectivity index (χ1v) is 11.5. The van der Waals surface area contributed by atoms with Crippen molar-refractivity contribution in [3.8, 4) is 17.2 Å². The Morgan fingerprint density at radius 3 is 2.17 bits per heavy atom. The van der Waals surface area contributed by atoms with Gasteiger partial charge in [0.05, 0.1) is 42.5 Å². The van der Waals surface area contributed by atoms with E-state index < -0.39 is 18.0 Å². The second kappa shape index (κ2) is 13.2. The maximum absolute atomic E-state index is 12.5. The number of benzene rings is 2. The van der Waals surface area contributed by atoms with Crippen molar-refractivity contribution >= 4 is 41.0 Å². The molecular formula is C24H28Cl2N2O7. The molecule has 0 aliphatic carbocycles. The Morgan fingerprint density at radius 1 is 1.00 bits per heavy atom. The molecule has 0 bridgehead atoms. The van der Waals surface area contributed by atoms with Gasteiger partial charge in [0.2, 0.25) is 0 Å². The Morgan fingerprint density at radius 2 is 1.63 bits per heavy atom. The molecule has 1 unspecified atom stereocenters. The smallest absolute Gasteiger partial charge is 0.327 e. The van der Waals surface area contributed by atoms with Crippen molar-refractivity contribution in [3.63, 3.8) is 0 Å². The van der Waals surface area contributed by atoms with Crippen LogP contribution in [-0.2, 0) is 19.1 Å². The Labute approximate surface area is 214 Å². The molecule has 2 rings (SSSR count). The van der Waals surface area contributed by atoms with E-state index in [4.69, 9.17) is 42.1 Å². The molecule has 2 aromatic carbocycles. The van der Waals surface area contributed by atoms with Crippen LogP contribution in [0.2, 0.25) is 10.0 Å². The monoisotopic (exact) mass is 526 g/mol. The lowest BCUT2D eigenvalue weighted by atomic mass is 10.1. The molecule has 9 nitrogen and oxygen atoms in total. The summed E-state index contributed by atoms with van der Waals surface area (Å²) in [7, 11) is 4.71. The van der Waals surface area contributed by atoms with Crippen LogP contribution in [-0.4, -0.2) is 63.7 Å². The minimum atomic E-state index is -1.02. The first-order valence-electron chi connectivity index (χ1n) is 10.7. The molecule has 0 fully saturated rings. The summed E-state index contributed by atoms with van der Waals surface area (Å²) in [6.07, 6.45) is 0. The molecule has 2 aromatic rings. The highest BCUT2D eigenvalue weighted by Gasteiger charge is 2.25. The highest BCUT2D eigenvalue weighted by molar-refractivity contribution is 6.37. The zero-order valence-corrected chi connectivity index (χ0v) is 21.7. The third kappa shape index (κ3) is 7.48. The number of hydrogen-bond acceptors (Lipinski definition) is 8. The van der Waals surface area contributed by atoms with Crippen LogP contribution in [0.1, 0.15) is 35.8 Å². The van der Waals surface area contributed by atoms with Crippen molar-refractivity contribution < 1.29 is 33.3 Å². The normalized spacial score (nSPS) is 11.4. The quantitative estimate of drug-likeness (QED) is 0.433. The Bertz CT molecular complexity index is 1050. The highest BCUT2D eigenvalue weighted by atomic mass is 35.5. The van der Waals surface area contributed by atoms with Crippen LogP contribution in [0, 0.1) is 0 Å². The molecule has 0 radical (unpaired) electrons. The summed E-state index contributed by atoms with van der Waals surface area (Å²) < 4.78 is 21.2. The fraction of sp³-hybridized carbons (Fsp3) is 0.375. The summed E-state index contributed by atoms with van der Waals surface area (Å²) in [4.78, 5) is 38.2. The standard InChI is InChI=1S/C24H28Cl2N2O7/c1-6-33-20(29)13-27-21(24(31)34-7-2)14-10-17(25)22(18(26)11-14)35-15-8-9-19(32-5)16(12-15)23(30)28(3)4/h8-12,21,27H,6-7,13H2,1-5H3. The van der Waals surface area contributed by atoms with Crippen LogP contribution in [0.15, 0.2) is 30.3 Å². The predicted molar refractivity (Wildman–Crippen MR) is 132 cm³/mol. The predicted octanol–water partition coefficient (Wildman–Crippen LogP) is 4.25. The number of ether oxygens (including phenoxy) is 4. The number of esters is 2. The third-order valence-electron chi connectivity index (χ3n) is 4.66. The number of hydrogen-bond donors (Lipinski definition) is 1. The van der Waals surface area contributed by atoms with Gasteiger partial charge in [0.15, 0.2) is 5.75 Å². The molecule has 1 amide bonds. The van der Waals surface area contributed by atoms with Crippen LogP contribution in [0.3, 0.4) is 0 Å². The van der Waals surface area contributed by atoms with E-state index >= 15 is 0 Å². The van der Waals surface area contributed by atoms with Crippen molar-refractivity contribution in [3.05, 3.63) is 51.5 Å². The Balaban J connectivity index is 2.37. The number of carbonyl (C=O) groups excluding carboxylic acids is 3. The Hall–Kier alpha value is -3.01. The number of carbonyl (C=O) groups is 3. The van der Waals surface area contributed by atoms with Crippen molar-refractivity contribution in [2.24, 2.45) is 0 Å². The molecule has 1 atom stereocenters. The molecule has 0 saturated carbocycles. The van der Waals surface area contributed by atoms with Crippen molar-refractivity contribution in [1.29, 1.82) is 0 Å².